The van der Waals surface area contributed by atoms with E-state index in [1.807, 2.05) is 0 Å². The molecule has 5 nitrogen and oxygen atoms in total. The van der Waals surface area contributed by atoms with E-state index in [1.54, 1.807) is 12.4 Å². The van der Waals surface area contributed by atoms with Gasteiger partial charge in [0.15, 0.2) is 0 Å². The number of H-pyrrole nitrogens is 1. The fourth-order valence-electron chi connectivity index (χ4n) is 0.798. The van der Waals surface area contributed by atoms with Crippen LogP contribution in [0, 0.1) is 0 Å². The quantitative estimate of drug-likeness (QED) is 0.694. The van der Waals surface area contributed by atoms with Crippen LogP contribution in [-0.2, 0) is 16.4 Å². The van der Waals surface area contributed by atoms with E-state index in [0.29, 0.717) is 13.0 Å². The molecule has 0 aromatic carbocycles. The normalized spacial score (nSPS) is 11.8. The van der Waals surface area contributed by atoms with Gasteiger partial charge in [-0.15, -0.1) is 11.6 Å². The van der Waals surface area contributed by atoms with Crippen LogP contribution in [0.25, 0.3) is 0 Å². The van der Waals surface area contributed by atoms with Crippen molar-refractivity contribution in [2.75, 3.05) is 11.8 Å². The van der Waals surface area contributed by atoms with Crippen molar-refractivity contribution in [1.82, 2.24) is 14.7 Å². The maximum absolute atomic E-state index is 10.9. The molecule has 1 aromatic heterocycles. The summed E-state index contributed by atoms with van der Waals surface area (Å²) in [5.74, 6) is 0.747. The SMILES string of the molecule is O=S(=O)(CCl)NCCc1ncc[nH]1. The van der Waals surface area contributed by atoms with Crippen LogP contribution in [0.1, 0.15) is 5.82 Å². The topological polar surface area (TPSA) is 74.8 Å². The summed E-state index contributed by atoms with van der Waals surface area (Å²) in [5.41, 5.74) is 0. The molecule has 0 aliphatic rings. The number of sulfonamides is 1. The van der Waals surface area contributed by atoms with Gasteiger partial charge >= 0.3 is 0 Å². The smallest absolute Gasteiger partial charge is 0.225 e. The molecule has 0 saturated heterocycles. The molecule has 1 aromatic rings. The van der Waals surface area contributed by atoms with Gasteiger partial charge in [-0.25, -0.2) is 18.1 Å². The Morgan fingerprint density at radius 1 is 1.62 bits per heavy atom. The number of aromatic amines is 1. The molecule has 0 aliphatic carbocycles. The highest BCUT2D eigenvalue weighted by Gasteiger charge is 2.06. The van der Waals surface area contributed by atoms with E-state index >= 15 is 0 Å². The molecule has 0 saturated carbocycles. The third-order valence-corrected chi connectivity index (χ3v) is 3.18. The van der Waals surface area contributed by atoms with E-state index < -0.39 is 15.2 Å². The third-order valence-electron chi connectivity index (χ3n) is 1.38. The molecule has 74 valence electrons. The number of rotatable bonds is 5. The van der Waals surface area contributed by atoms with Crippen LogP contribution in [0.2, 0.25) is 0 Å². The Hall–Kier alpha value is -0.590. The van der Waals surface area contributed by atoms with Crippen molar-refractivity contribution < 1.29 is 8.42 Å². The maximum atomic E-state index is 10.9. The number of halogens is 1. The van der Waals surface area contributed by atoms with Crippen molar-refractivity contribution in [2.24, 2.45) is 0 Å². The number of hydrogen-bond acceptors (Lipinski definition) is 3. The standard InChI is InChI=1S/C6H10ClN3O2S/c7-5-13(11,12)10-2-1-6-8-3-4-9-6/h3-4,10H,1-2,5H2,(H,8,9). The van der Waals surface area contributed by atoms with Crippen molar-refractivity contribution >= 4 is 21.6 Å². The van der Waals surface area contributed by atoms with Gasteiger partial charge in [0.05, 0.1) is 0 Å². The van der Waals surface area contributed by atoms with Crippen molar-refractivity contribution in [3.63, 3.8) is 0 Å². The highest BCUT2D eigenvalue weighted by molar-refractivity contribution is 7.90. The lowest BCUT2D eigenvalue weighted by molar-refractivity contribution is 0.585. The number of hydrogen-bond donors (Lipinski definition) is 2. The molecule has 0 unspecified atom stereocenters. The third kappa shape index (κ3) is 3.75. The summed E-state index contributed by atoms with van der Waals surface area (Å²) in [6.07, 6.45) is 3.83. The number of alkyl halides is 1. The van der Waals surface area contributed by atoms with Crippen molar-refractivity contribution in [3.05, 3.63) is 18.2 Å². The second-order valence-electron chi connectivity index (χ2n) is 2.40. The summed E-state index contributed by atoms with van der Waals surface area (Å²) in [7, 11) is -3.30. The number of imidazole rings is 1. The van der Waals surface area contributed by atoms with E-state index in [2.05, 4.69) is 14.7 Å². The molecule has 13 heavy (non-hydrogen) atoms. The second kappa shape index (κ2) is 4.59. The maximum Gasteiger partial charge on any atom is 0.225 e. The van der Waals surface area contributed by atoms with E-state index in [-0.39, 0.29) is 0 Å². The second-order valence-corrected chi connectivity index (χ2v) is 4.80. The zero-order valence-electron chi connectivity index (χ0n) is 6.83. The molecule has 0 spiro atoms. The van der Waals surface area contributed by atoms with Crippen LogP contribution < -0.4 is 4.72 Å². The fraction of sp³-hybridized carbons (Fsp3) is 0.500. The fourth-order valence-corrected chi connectivity index (χ4v) is 1.52. The number of aromatic nitrogens is 2. The lowest BCUT2D eigenvalue weighted by Gasteiger charge is -2.00. The first-order valence-electron chi connectivity index (χ1n) is 3.65. The molecule has 0 aliphatic heterocycles. The highest BCUT2D eigenvalue weighted by Crippen LogP contribution is 1.91. The summed E-state index contributed by atoms with van der Waals surface area (Å²) < 4.78 is 24.0. The Labute approximate surface area is 81.6 Å². The minimum Gasteiger partial charge on any atom is -0.349 e. The van der Waals surface area contributed by atoms with Crippen LogP contribution in [0.4, 0.5) is 0 Å². The summed E-state index contributed by atoms with van der Waals surface area (Å²) in [6.45, 7) is 0.308. The first-order chi connectivity index (χ1) is 6.14. The Bertz CT molecular complexity index is 335. The van der Waals surface area contributed by atoms with Crippen molar-refractivity contribution in [3.8, 4) is 0 Å². The largest absolute Gasteiger partial charge is 0.349 e. The summed E-state index contributed by atoms with van der Waals surface area (Å²) in [4.78, 5) is 6.80. The zero-order valence-corrected chi connectivity index (χ0v) is 8.40. The van der Waals surface area contributed by atoms with Gasteiger partial charge in [0.25, 0.3) is 0 Å². The molecule has 2 N–H and O–H groups in total. The molecule has 0 fully saturated rings. The molecule has 0 radical (unpaired) electrons. The molecular weight excluding hydrogens is 214 g/mol. The highest BCUT2D eigenvalue weighted by atomic mass is 35.5. The Balaban J connectivity index is 2.30. The molecule has 1 rings (SSSR count). The van der Waals surface area contributed by atoms with E-state index in [9.17, 15) is 8.42 Å². The molecule has 1 heterocycles. The monoisotopic (exact) mass is 223 g/mol. The first kappa shape index (κ1) is 10.5. The van der Waals surface area contributed by atoms with Crippen LogP contribution in [0.3, 0.4) is 0 Å². The molecule has 0 bridgehead atoms. The minimum absolute atomic E-state index is 0.308. The van der Waals surface area contributed by atoms with Gasteiger partial charge in [-0.05, 0) is 0 Å². The average Bonchev–Trinajstić information content (AvgIpc) is 2.57. The van der Waals surface area contributed by atoms with E-state index in [0.717, 1.165) is 5.82 Å². The van der Waals surface area contributed by atoms with Crippen LogP contribution in [0.15, 0.2) is 12.4 Å². The van der Waals surface area contributed by atoms with Crippen molar-refractivity contribution in [2.45, 2.75) is 6.42 Å². The average molecular weight is 224 g/mol. The number of nitrogens with one attached hydrogen (secondary N) is 2. The predicted molar refractivity (Wildman–Crippen MR) is 49.9 cm³/mol. The molecule has 0 atom stereocenters. The lowest BCUT2D eigenvalue weighted by Crippen LogP contribution is -2.26. The predicted octanol–water partition coefficient (Wildman–Crippen LogP) is 0.0679. The summed E-state index contributed by atoms with van der Waals surface area (Å²) >= 11 is 5.18. The van der Waals surface area contributed by atoms with Gasteiger partial charge in [0.2, 0.25) is 10.0 Å². The molecule has 0 amide bonds. The summed E-state index contributed by atoms with van der Waals surface area (Å²) in [6, 6.07) is 0. The van der Waals surface area contributed by atoms with Gasteiger partial charge in [-0.3, -0.25) is 0 Å². The Kier molecular flexibility index (Phi) is 3.71. The Morgan fingerprint density at radius 3 is 2.92 bits per heavy atom. The minimum atomic E-state index is -3.30. The van der Waals surface area contributed by atoms with Crippen LogP contribution in [-0.4, -0.2) is 30.1 Å². The lowest BCUT2D eigenvalue weighted by atomic mass is 10.4. The van der Waals surface area contributed by atoms with Crippen LogP contribution in [0.5, 0.6) is 0 Å². The molecular formula is C6H10ClN3O2S. The first-order valence-corrected chi connectivity index (χ1v) is 5.84. The van der Waals surface area contributed by atoms with Gasteiger partial charge in [-0.2, -0.15) is 0 Å². The van der Waals surface area contributed by atoms with Crippen LogP contribution >= 0.6 is 11.6 Å². The van der Waals surface area contributed by atoms with Gasteiger partial charge in [-0.1, -0.05) is 0 Å². The van der Waals surface area contributed by atoms with E-state index in [1.165, 1.54) is 0 Å². The van der Waals surface area contributed by atoms with Gasteiger partial charge in [0.1, 0.15) is 11.0 Å². The Morgan fingerprint density at radius 2 is 2.38 bits per heavy atom. The van der Waals surface area contributed by atoms with Gasteiger partial charge < -0.3 is 4.98 Å². The van der Waals surface area contributed by atoms with E-state index in [4.69, 9.17) is 11.6 Å². The zero-order chi connectivity index (χ0) is 9.73. The van der Waals surface area contributed by atoms with Gasteiger partial charge in [0, 0.05) is 25.4 Å². The number of nitrogens with zero attached hydrogens (tertiary/aromatic N) is 1. The molecule has 7 heteroatoms. The summed E-state index contributed by atoms with van der Waals surface area (Å²) in [5, 5.41) is -0.412. The van der Waals surface area contributed by atoms with Crippen molar-refractivity contribution in [1.29, 1.82) is 0 Å².